The van der Waals surface area contributed by atoms with Crippen LogP contribution in [0.25, 0.3) is 11.4 Å². The largest absolute Gasteiger partial charge is 0.338 e. The van der Waals surface area contributed by atoms with Crippen LogP contribution in [0.3, 0.4) is 0 Å². The molecule has 25 heavy (non-hydrogen) atoms. The van der Waals surface area contributed by atoms with Crippen LogP contribution in [0, 0.1) is 11.3 Å². The Balaban J connectivity index is 1.49. The number of rotatable bonds is 6. The van der Waals surface area contributed by atoms with Crippen LogP contribution < -0.4 is 5.32 Å². The molecule has 3 aromatic rings. The van der Waals surface area contributed by atoms with Crippen molar-refractivity contribution in [3.63, 3.8) is 0 Å². The van der Waals surface area contributed by atoms with Crippen LogP contribution in [0.4, 0.5) is 5.69 Å². The predicted octanol–water partition coefficient (Wildman–Crippen LogP) is 3.48. The van der Waals surface area contributed by atoms with E-state index in [0.29, 0.717) is 28.7 Å². The first-order chi connectivity index (χ1) is 12.2. The van der Waals surface area contributed by atoms with Crippen LogP contribution in [-0.4, -0.2) is 21.8 Å². The molecule has 0 fully saturated rings. The topological polar surface area (TPSA) is 91.8 Å². The van der Waals surface area contributed by atoms with Gasteiger partial charge in [-0.3, -0.25) is 4.79 Å². The average molecular weight is 350 g/mol. The summed E-state index contributed by atoms with van der Waals surface area (Å²) < 4.78 is 5.20. The van der Waals surface area contributed by atoms with Gasteiger partial charge in [0.15, 0.2) is 0 Å². The molecule has 0 bridgehead atoms. The zero-order valence-electron chi connectivity index (χ0n) is 13.2. The molecule has 1 heterocycles. The number of nitrogens with one attached hydrogen (secondary N) is 1. The second kappa shape index (κ2) is 8.13. The molecule has 0 aliphatic heterocycles. The highest BCUT2D eigenvalue weighted by Gasteiger charge is 2.10. The van der Waals surface area contributed by atoms with E-state index in [2.05, 4.69) is 15.5 Å². The molecule has 124 valence electrons. The third-order valence-electron chi connectivity index (χ3n) is 3.23. The molecule has 6 nitrogen and oxygen atoms in total. The number of nitrogens with zero attached hydrogens (tertiary/aromatic N) is 3. The van der Waals surface area contributed by atoms with Crippen LogP contribution in [0.15, 0.2) is 59.1 Å². The minimum absolute atomic E-state index is 0.150. The quantitative estimate of drug-likeness (QED) is 0.732. The van der Waals surface area contributed by atoms with E-state index in [0.717, 1.165) is 5.56 Å². The van der Waals surface area contributed by atoms with Crippen LogP contribution in [0.1, 0.15) is 11.5 Å². The summed E-state index contributed by atoms with van der Waals surface area (Å²) in [6.45, 7) is 0. The summed E-state index contributed by atoms with van der Waals surface area (Å²) in [5.41, 5.74) is 2.00. The Morgan fingerprint density at radius 3 is 2.84 bits per heavy atom. The highest BCUT2D eigenvalue weighted by Crippen LogP contribution is 2.18. The van der Waals surface area contributed by atoms with Crippen molar-refractivity contribution in [2.24, 2.45) is 0 Å². The maximum atomic E-state index is 11.9. The number of amides is 1. The summed E-state index contributed by atoms with van der Waals surface area (Å²) in [6.07, 6.45) is 0. The van der Waals surface area contributed by atoms with Crippen molar-refractivity contribution in [3.05, 3.63) is 66.1 Å². The van der Waals surface area contributed by atoms with Crippen molar-refractivity contribution in [1.82, 2.24) is 10.1 Å². The van der Waals surface area contributed by atoms with E-state index in [9.17, 15) is 4.79 Å². The Kier molecular flexibility index (Phi) is 5.44. The molecule has 1 N–H and O–H groups in total. The van der Waals surface area contributed by atoms with Gasteiger partial charge in [0, 0.05) is 11.3 Å². The Hall–Kier alpha value is -3.11. The molecule has 0 radical (unpaired) electrons. The number of hydrogen-bond donors (Lipinski definition) is 1. The number of aromatic nitrogens is 2. The van der Waals surface area contributed by atoms with Gasteiger partial charge in [0.05, 0.1) is 23.1 Å². The summed E-state index contributed by atoms with van der Waals surface area (Å²) in [4.78, 5) is 16.3. The second-order valence-corrected chi connectivity index (χ2v) is 6.10. The summed E-state index contributed by atoms with van der Waals surface area (Å²) in [5, 5.41) is 15.6. The Bertz CT molecular complexity index is 903. The zero-order chi connectivity index (χ0) is 17.5. The molecule has 0 saturated heterocycles. The second-order valence-electron chi connectivity index (χ2n) is 5.11. The Morgan fingerprint density at radius 2 is 2.04 bits per heavy atom. The fourth-order valence-corrected chi connectivity index (χ4v) is 2.76. The number of carbonyl (C=O) groups excluding carboxylic acids is 1. The van der Waals surface area contributed by atoms with Crippen LogP contribution in [0.5, 0.6) is 0 Å². The molecular weight excluding hydrogens is 336 g/mol. The lowest BCUT2D eigenvalue weighted by molar-refractivity contribution is -0.113. The minimum atomic E-state index is -0.150. The van der Waals surface area contributed by atoms with Gasteiger partial charge >= 0.3 is 0 Å². The molecule has 1 amide bonds. The molecule has 7 heteroatoms. The van der Waals surface area contributed by atoms with E-state index in [4.69, 9.17) is 9.78 Å². The van der Waals surface area contributed by atoms with Gasteiger partial charge in [-0.05, 0) is 18.2 Å². The smallest absolute Gasteiger partial charge is 0.236 e. The van der Waals surface area contributed by atoms with E-state index < -0.39 is 0 Å². The molecule has 0 saturated carbocycles. The van der Waals surface area contributed by atoms with Gasteiger partial charge in [0.2, 0.25) is 17.6 Å². The van der Waals surface area contributed by atoms with Crippen LogP contribution in [-0.2, 0) is 10.5 Å². The fourth-order valence-electron chi connectivity index (χ4n) is 2.11. The lowest BCUT2D eigenvalue weighted by atomic mass is 10.2. The molecule has 0 unspecified atom stereocenters. The molecule has 0 aliphatic carbocycles. The summed E-state index contributed by atoms with van der Waals surface area (Å²) in [6, 6.07) is 18.4. The third-order valence-corrected chi connectivity index (χ3v) is 4.15. The van der Waals surface area contributed by atoms with Gasteiger partial charge in [-0.25, -0.2) is 0 Å². The van der Waals surface area contributed by atoms with Gasteiger partial charge < -0.3 is 9.84 Å². The van der Waals surface area contributed by atoms with Gasteiger partial charge in [-0.15, -0.1) is 11.8 Å². The number of benzene rings is 2. The molecule has 0 spiro atoms. The minimum Gasteiger partial charge on any atom is -0.338 e. The first-order valence-corrected chi connectivity index (χ1v) is 8.66. The highest BCUT2D eigenvalue weighted by atomic mass is 32.2. The van der Waals surface area contributed by atoms with E-state index in [1.807, 2.05) is 36.4 Å². The zero-order valence-corrected chi connectivity index (χ0v) is 14.0. The highest BCUT2D eigenvalue weighted by molar-refractivity contribution is 7.99. The van der Waals surface area contributed by atoms with Crippen molar-refractivity contribution in [3.8, 4) is 17.5 Å². The maximum Gasteiger partial charge on any atom is 0.236 e. The van der Waals surface area contributed by atoms with Gasteiger partial charge in [0.1, 0.15) is 0 Å². The molecule has 3 rings (SSSR count). The summed E-state index contributed by atoms with van der Waals surface area (Å²) in [5.74, 6) is 1.56. The predicted molar refractivity (Wildman–Crippen MR) is 95.7 cm³/mol. The van der Waals surface area contributed by atoms with E-state index in [1.165, 1.54) is 11.8 Å². The maximum absolute atomic E-state index is 11.9. The third kappa shape index (κ3) is 4.68. The number of nitriles is 1. The Morgan fingerprint density at radius 1 is 1.20 bits per heavy atom. The SMILES string of the molecule is N#Cc1cccc(NC(=O)CSCc2nc(-c3ccccc3)no2)c1. The lowest BCUT2D eigenvalue weighted by Gasteiger charge is -2.04. The molecule has 0 atom stereocenters. The number of thioether (sulfide) groups is 1. The fraction of sp³-hybridized carbons (Fsp3) is 0.111. The summed E-state index contributed by atoms with van der Waals surface area (Å²) in [7, 11) is 0. The van der Waals surface area contributed by atoms with Crippen molar-refractivity contribution in [2.45, 2.75) is 5.75 Å². The van der Waals surface area contributed by atoms with E-state index in [-0.39, 0.29) is 11.7 Å². The monoisotopic (exact) mass is 350 g/mol. The molecule has 1 aromatic heterocycles. The van der Waals surface area contributed by atoms with Gasteiger partial charge in [0.25, 0.3) is 0 Å². The first kappa shape index (κ1) is 16.7. The number of hydrogen-bond acceptors (Lipinski definition) is 6. The van der Waals surface area contributed by atoms with Gasteiger partial charge in [-0.1, -0.05) is 41.6 Å². The van der Waals surface area contributed by atoms with Crippen LogP contribution >= 0.6 is 11.8 Å². The Labute approximate surface area is 148 Å². The van der Waals surface area contributed by atoms with Crippen molar-refractivity contribution >= 4 is 23.4 Å². The number of anilines is 1. The summed E-state index contributed by atoms with van der Waals surface area (Å²) >= 11 is 1.38. The van der Waals surface area contributed by atoms with E-state index >= 15 is 0 Å². The average Bonchev–Trinajstić information content (AvgIpc) is 3.11. The lowest BCUT2D eigenvalue weighted by Crippen LogP contribution is -2.14. The molecule has 2 aromatic carbocycles. The van der Waals surface area contributed by atoms with Crippen molar-refractivity contribution < 1.29 is 9.32 Å². The normalized spacial score (nSPS) is 10.2. The number of carbonyl (C=O) groups is 1. The van der Waals surface area contributed by atoms with Crippen molar-refractivity contribution in [2.75, 3.05) is 11.1 Å². The van der Waals surface area contributed by atoms with E-state index in [1.54, 1.807) is 24.3 Å². The molecule has 0 aliphatic rings. The van der Waals surface area contributed by atoms with Crippen molar-refractivity contribution in [1.29, 1.82) is 5.26 Å². The van der Waals surface area contributed by atoms with Gasteiger partial charge in [-0.2, -0.15) is 10.2 Å². The molecular formula is C18H14N4O2S. The van der Waals surface area contributed by atoms with Crippen LogP contribution in [0.2, 0.25) is 0 Å². The standard InChI is InChI=1S/C18H14N4O2S/c19-10-13-5-4-8-15(9-13)20-16(23)11-25-12-17-21-18(22-24-17)14-6-2-1-3-7-14/h1-9H,11-12H2,(H,20,23). The first-order valence-electron chi connectivity index (χ1n) is 7.50.